The van der Waals surface area contributed by atoms with Crippen molar-refractivity contribution in [3.63, 3.8) is 0 Å². The Kier molecular flexibility index (Phi) is 3.59. The number of ether oxygens (including phenoxy) is 2. The molecule has 132 valence electrons. The predicted molar refractivity (Wildman–Crippen MR) is 98.7 cm³/mol. The Morgan fingerprint density at radius 1 is 1.04 bits per heavy atom. The molecule has 0 radical (unpaired) electrons. The molecular formula is C21H20N2O3. The van der Waals surface area contributed by atoms with Gasteiger partial charge in [0.15, 0.2) is 11.5 Å². The molecule has 0 aliphatic carbocycles. The summed E-state index contributed by atoms with van der Waals surface area (Å²) in [4.78, 5) is 18.4. The van der Waals surface area contributed by atoms with Gasteiger partial charge in [-0.2, -0.15) is 0 Å². The molecule has 1 amide bonds. The first-order valence-corrected chi connectivity index (χ1v) is 9.08. The second-order valence-corrected chi connectivity index (χ2v) is 6.83. The molecule has 1 fully saturated rings. The van der Waals surface area contributed by atoms with E-state index >= 15 is 0 Å². The van der Waals surface area contributed by atoms with Crippen molar-refractivity contribution in [3.8, 4) is 11.5 Å². The molecule has 1 saturated heterocycles. The number of hydrogen-bond donors (Lipinski definition) is 1. The van der Waals surface area contributed by atoms with E-state index in [-0.39, 0.29) is 11.9 Å². The average Bonchev–Trinajstić information content (AvgIpc) is 3.34. The number of aromatic amines is 1. The fraction of sp³-hybridized carbons (Fsp3) is 0.286. The normalized spacial score (nSPS) is 19.1. The summed E-state index contributed by atoms with van der Waals surface area (Å²) in [6.45, 7) is 1.92. The third-order valence-corrected chi connectivity index (χ3v) is 5.23. The summed E-state index contributed by atoms with van der Waals surface area (Å²) in [5.74, 6) is 1.61. The second-order valence-electron chi connectivity index (χ2n) is 6.83. The van der Waals surface area contributed by atoms with E-state index in [0.717, 1.165) is 47.4 Å². The molecule has 1 aromatic heterocycles. The highest BCUT2D eigenvalue weighted by atomic mass is 16.6. The van der Waals surface area contributed by atoms with Crippen LogP contribution in [0.4, 0.5) is 0 Å². The van der Waals surface area contributed by atoms with Crippen LogP contribution in [0.1, 0.15) is 34.9 Å². The second kappa shape index (κ2) is 6.09. The minimum absolute atomic E-state index is 0.0542. The fourth-order valence-electron chi connectivity index (χ4n) is 3.97. The van der Waals surface area contributed by atoms with Crippen LogP contribution >= 0.6 is 0 Å². The van der Waals surface area contributed by atoms with Crippen molar-refractivity contribution in [1.29, 1.82) is 0 Å². The molecule has 5 heteroatoms. The van der Waals surface area contributed by atoms with Crippen molar-refractivity contribution in [1.82, 2.24) is 9.88 Å². The first-order valence-electron chi connectivity index (χ1n) is 9.08. The molecule has 0 unspecified atom stereocenters. The van der Waals surface area contributed by atoms with Crippen LogP contribution in [0.5, 0.6) is 11.5 Å². The number of para-hydroxylation sites is 1. The minimum Gasteiger partial charge on any atom is -0.486 e. The lowest BCUT2D eigenvalue weighted by Gasteiger charge is -2.26. The number of nitrogens with one attached hydrogen (secondary N) is 1. The number of amides is 1. The van der Waals surface area contributed by atoms with Crippen LogP contribution in [0, 0.1) is 0 Å². The first-order chi connectivity index (χ1) is 12.8. The van der Waals surface area contributed by atoms with Gasteiger partial charge in [-0.15, -0.1) is 0 Å². The van der Waals surface area contributed by atoms with Gasteiger partial charge in [-0.05, 0) is 42.7 Å². The zero-order valence-corrected chi connectivity index (χ0v) is 14.4. The van der Waals surface area contributed by atoms with Crippen LogP contribution in [0.25, 0.3) is 10.9 Å². The maximum absolute atomic E-state index is 13.1. The fourth-order valence-corrected chi connectivity index (χ4v) is 3.97. The van der Waals surface area contributed by atoms with E-state index in [2.05, 4.69) is 11.1 Å². The van der Waals surface area contributed by atoms with Crippen molar-refractivity contribution in [2.24, 2.45) is 0 Å². The highest BCUT2D eigenvalue weighted by molar-refractivity contribution is 5.98. The summed E-state index contributed by atoms with van der Waals surface area (Å²) in [7, 11) is 0. The Hall–Kier alpha value is -2.95. The van der Waals surface area contributed by atoms with Crippen molar-refractivity contribution in [2.75, 3.05) is 19.8 Å². The van der Waals surface area contributed by atoms with Gasteiger partial charge in [0, 0.05) is 17.4 Å². The summed E-state index contributed by atoms with van der Waals surface area (Å²) < 4.78 is 11.3. The van der Waals surface area contributed by atoms with E-state index in [1.165, 1.54) is 0 Å². The van der Waals surface area contributed by atoms with Gasteiger partial charge in [-0.3, -0.25) is 4.79 Å². The molecular weight excluding hydrogens is 328 g/mol. The summed E-state index contributed by atoms with van der Waals surface area (Å²) in [6, 6.07) is 16.0. The SMILES string of the molecule is O=C(c1cc2ccccc2[nH]1)N1CCC[C@H]1c1ccc2c(c1)OCCO2. The highest BCUT2D eigenvalue weighted by Crippen LogP contribution is 2.38. The Morgan fingerprint density at radius 2 is 1.88 bits per heavy atom. The van der Waals surface area contributed by atoms with Crippen molar-refractivity contribution in [2.45, 2.75) is 18.9 Å². The van der Waals surface area contributed by atoms with Gasteiger partial charge in [-0.25, -0.2) is 0 Å². The predicted octanol–water partition coefficient (Wildman–Crippen LogP) is 3.92. The number of H-pyrrole nitrogens is 1. The van der Waals surface area contributed by atoms with E-state index in [1.54, 1.807) is 0 Å². The summed E-state index contributed by atoms with van der Waals surface area (Å²) in [6.07, 6.45) is 1.97. The van der Waals surface area contributed by atoms with Crippen LogP contribution in [-0.2, 0) is 0 Å². The summed E-state index contributed by atoms with van der Waals surface area (Å²) >= 11 is 0. The number of likely N-dealkylation sites (tertiary alicyclic amines) is 1. The number of nitrogens with zero attached hydrogens (tertiary/aromatic N) is 1. The Balaban J connectivity index is 1.45. The Morgan fingerprint density at radius 3 is 2.77 bits per heavy atom. The molecule has 0 bridgehead atoms. The number of carbonyl (C=O) groups is 1. The van der Waals surface area contributed by atoms with Crippen LogP contribution in [0.2, 0.25) is 0 Å². The molecule has 3 heterocycles. The topological polar surface area (TPSA) is 54.6 Å². The minimum atomic E-state index is 0.0542. The molecule has 3 aromatic rings. The average molecular weight is 348 g/mol. The smallest absolute Gasteiger partial charge is 0.270 e. The summed E-state index contributed by atoms with van der Waals surface area (Å²) in [5, 5.41) is 1.06. The molecule has 0 spiro atoms. The number of fused-ring (bicyclic) bond motifs is 2. The van der Waals surface area contributed by atoms with Crippen molar-refractivity contribution in [3.05, 3.63) is 59.8 Å². The van der Waals surface area contributed by atoms with E-state index in [4.69, 9.17) is 9.47 Å². The van der Waals surface area contributed by atoms with Crippen LogP contribution < -0.4 is 9.47 Å². The van der Waals surface area contributed by atoms with Gasteiger partial charge in [0.25, 0.3) is 5.91 Å². The first kappa shape index (κ1) is 15.3. The molecule has 1 N–H and O–H groups in total. The quantitative estimate of drug-likeness (QED) is 0.764. The van der Waals surface area contributed by atoms with Crippen LogP contribution in [0.15, 0.2) is 48.5 Å². The van der Waals surface area contributed by atoms with Gasteiger partial charge in [0.2, 0.25) is 0 Å². The van der Waals surface area contributed by atoms with Gasteiger partial charge >= 0.3 is 0 Å². The Bertz CT molecular complexity index is 945. The molecule has 5 rings (SSSR count). The maximum Gasteiger partial charge on any atom is 0.270 e. The largest absolute Gasteiger partial charge is 0.486 e. The summed E-state index contributed by atoms with van der Waals surface area (Å²) in [5.41, 5.74) is 2.75. The lowest BCUT2D eigenvalue weighted by molar-refractivity contribution is 0.0730. The molecule has 5 nitrogen and oxygen atoms in total. The van der Waals surface area contributed by atoms with E-state index in [1.807, 2.05) is 47.4 Å². The van der Waals surface area contributed by atoms with Gasteiger partial charge in [0.1, 0.15) is 18.9 Å². The highest BCUT2D eigenvalue weighted by Gasteiger charge is 2.32. The number of hydrogen-bond acceptors (Lipinski definition) is 3. The lowest BCUT2D eigenvalue weighted by Crippen LogP contribution is -2.30. The molecule has 26 heavy (non-hydrogen) atoms. The zero-order chi connectivity index (χ0) is 17.5. The lowest BCUT2D eigenvalue weighted by atomic mass is 10.0. The zero-order valence-electron chi connectivity index (χ0n) is 14.4. The molecule has 1 atom stereocenters. The number of carbonyl (C=O) groups excluding carboxylic acids is 1. The van der Waals surface area contributed by atoms with E-state index in [0.29, 0.717) is 18.9 Å². The Labute approximate surface area is 151 Å². The number of aromatic nitrogens is 1. The van der Waals surface area contributed by atoms with Crippen LogP contribution in [0.3, 0.4) is 0 Å². The number of rotatable bonds is 2. The van der Waals surface area contributed by atoms with E-state index in [9.17, 15) is 4.79 Å². The van der Waals surface area contributed by atoms with Crippen molar-refractivity contribution >= 4 is 16.8 Å². The van der Waals surface area contributed by atoms with Gasteiger partial charge in [0.05, 0.1) is 6.04 Å². The molecule has 0 saturated carbocycles. The molecule has 2 aromatic carbocycles. The molecule has 2 aliphatic heterocycles. The standard InChI is InChI=1S/C21H20N2O3/c24-21(17-12-14-4-1-2-5-16(14)22-17)23-9-3-6-18(23)15-7-8-19-20(13-15)26-11-10-25-19/h1-2,4-5,7-8,12-13,18,22H,3,6,9-11H2/t18-/m0/s1. The monoisotopic (exact) mass is 348 g/mol. The third kappa shape index (κ3) is 2.51. The molecule has 2 aliphatic rings. The van der Waals surface area contributed by atoms with Crippen molar-refractivity contribution < 1.29 is 14.3 Å². The maximum atomic E-state index is 13.1. The van der Waals surface area contributed by atoms with Gasteiger partial charge in [-0.1, -0.05) is 24.3 Å². The number of benzene rings is 2. The third-order valence-electron chi connectivity index (χ3n) is 5.23. The van der Waals surface area contributed by atoms with Gasteiger partial charge < -0.3 is 19.4 Å². The van der Waals surface area contributed by atoms with Crippen LogP contribution in [-0.4, -0.2) is 35.5 Å². The van der Waals surface area contributed by atoms with E-state index < -0.39 is 0 Å².